The summed E-state index contributed by atoms with van der Waals surface area (Å²) >= 11 is 0. The number of furan rings is 2. The molecule has 0 fully saturated rings. The van der Waals surface area contributed by atoms with Gasteiger partial charge in [-0.2, -0.15) is 0 Å². The Morgan fingerprint density at radius 1 is 0.312 bits per heavy atom. The van der Waals surface area contributed by atoms with Crippen LogP contribution in [-0.4, -0.2) is 15.0 Å². The summed E-state index contributed by atoms with van der Waals surface area (Å²) in [4.78, 5) is 15.4. The van der Waals surface area contributed by atoms with E-state index in [-0.39, 0.29) is 0 Å². The minimum atomic E-state index is 0.595. The fourth-order valence-corrected chi connectivity index (χ4v) is 6.80. The number of para-hydroxylation sites is 2. The molecule has 0 aliphatic carbocycles. The molecule has 0 amide bonds. The van der Waals surface area contributed by atoms with Crippen molar-refractivity contribution in [1.29, 1.82) is 0 Å². The zero-order valence-electron chi connectivity index (χ0n) is 25.6. The third-order valence-corrected chi connectivity index (χ3v) is 9.13. The molecular formula is C43H25N3O2. The highest BCUT2D eigenvalue weighted by molar-refractivity contribution is 6.19. The fourth-order valence-electron chi connectivity index (χ4n) is 6.80. The molecule has 5 heteroatoms. The third-order valence-electron chi connectivity index (χ3n) is 9.13. The lowest BCUT2D eigenvalue weighted by Gasteiger charge is -2.12. The first-order chi connectivity index (χ1) is 23.8. The molecule has 5 nitrogen and oxygen atoms in total. The molecule has 0 N–H and O–H groups in total. The molecule has 0 bridgehead atoms. The van der Waals surface area contributed by atoms with Gasteiger partial charge >= 0.3 is 0 Å². The fraction of sp³-hybridized carbons (Fsp3) is 0. The quantitative estimate of drug-likeness (QED) is 0.197. The largest absolute Gasteiger partial charge is 0.456 e. The van der Waals surface area contributed by atoms with Gasteiger partial charge in [0.1, 0.15) is 22.3 Å². The highest BCUT2D eigenvalue weighted by Gasteiger charge is 2.20. The van der Waals surface area contributed by atoms with E-state index in [1.165, 1.54) is 0 Å². The second-order valence-corrected chi connectivity index (χ2v) is 12.0. The Morgan fingerprint density at radius 3 is 1.62 bits per heavy atom. The molecule has 224 valence electrons. The third kappa shape index (κ3) is 4.22. The van der Waals surface area contributed by atoms with Crippen LogP contribution in [-0.2, 0) is 0 Å². The molecule has 0 saturated carbocycles. The van der Waals surface area contributed by atoms with Crippen LogP contribution in [0.5, 0.6) is 0 Å². The van der Waals surface area contributed by atoms with Gasteiger partial charge in [0.05, 0.1) is 0 Å². The molecule has 3 aromatic heterocycles. The van der Waals surface area contributed by atoms with Crippen molar-refractivity contribution in [2.24, 2.45) is 0 Å². The summed E-state index contributed by atoms with van der Waals surface area (Å²) in [7, 11) is 0. The average molecular weight is 616 g/mol. The van der Waals surface area contributed by atoms with Crippen molar-refractivity contribution < 1.29 is 8.83 Å². The Kier molecular flexibility index (Phi) is 5.81. The summed E-state index contributed by atoms with van der Waals surface area (Å²) in [5, 5.41) is 6.17. The summed E-state index contributed by atoms with van der Waals surface area (Å²) in [5.74, 6) is 1.80. The molecule has 0 atom stereocenters. The van der Waals surface area contributed by atoms with Crippen molar-refractivity contribution in [3.8, 4) is 45.3 Å². The summed E-state index contributed by atoms with van der Waals surface area (Å²) < 4.78 is 12.7. The Hall–Kier alpha value is -6.59. The van der Waals surface area contributed by atoms with E-state index in [1.807, 2.05) is 84.9 Å². The lowest BCUT2D eigenvalue weighted by atomic mass is 9.95. The van der Waals surface area contributed by atoms with E-state index >= 15 is 0 Å². The molecule has 48 heavy (non-hydrogen) atoms. The lowest BCUT2D eigenvalue weighted by Crippen LogP contribution is -2.00. The monoisotopic (exact) mass is 615 g/mol. The molecule has 10 rings (SSSR count). The van der Waals surface area contributed by atoms with Crippen molar-refractivity contribution in [3.05, 3.63) is 152 Å². The number of rotatable bonds is 4. The maximum Gasteiger partial charge on any atom is 0.164 e. The normalized spacial score (nSPS) is 11.8. The Morgan fingerprint density at radius 2 is 0.854 bits per heavy atom. The minimum Gasteiger partial charge on any atom is -0.456 e. The maximum atomic E-state index is 6.54. The number of aromatic nitrogens is 3. The van der Waals surface area contributed by atoms with Gasteiger partial charge in [-0.05, 0) is 59.0 Å². The van der Waals surface area contributed by atoms with Crippen molar-refractivity contribution in [2.45, 2.75) is 0 Å². The number of benzene rings is 7. The molecule has 0 saturated heterocycles. The van der Waals surface area contributed by atoms with Crippen molar-refractivity contribution in [1.82, 2.24) is 15.0 Å². The van der Waals surface area contributed by atoms with Crippen molar-refractivity contribution in [3.63, 3.8) is 0 Å². The van der Waals surface area contributed by atoms with Gasteiger partial charge in [-0.3, -0.25) is 0 Å². The Balaban J connectivity index is 1.26. The highest BCUT2D eigenvalue weighted by atomic mass is 16.3. The van der Waals surface area contributed by atoms with Gasteiger partial charge in [-0.1, -0.05) is 109 Å². The number of fused-ring (bicyclic) bond motifs is 8. The van der Waals surface area contributed by atoms with Crippen LogP contribution < -0.4 is 0 Å². The van der Waals surface area contributed by atoms with Crippen LogP contribution in [0.2, 0.25) is 0 Å². The van der Waals surface area contributed by atoms with E-state index in [9.17, 15) is 0 Å². The molecule has 0 aliphatic rings. The molecule has 7 aromatic carbocycles. The van der Waals surface area contributed by atoms with Crippen LogP contribution in [0.1, 0.15) is 0 Å². The van der Waals surface area contributed by atoms with Gasteiger partial charge in [0.15, 0.2) is 17.5 Å². The zero-order valence-corrected chi connectivity index (χ0v) is 25.6. The van der Waals surface area contributed by atoms with Crippen LogP contribution in [0.25, 0.3) is 99.9 Å². The van der Waals surface area contributed by atoms with Gasteiger partial charge in [0.25, 0.3) is 0 Å². The molecule has 0 radical (unpaired) electrons. The minimum absolute atomic E-state index is 0.595. The van der Waals surface area contributed by atoms with Crippen LogP contribution in [0.15, 0.2) is 160 Å². The molecule has 10 aromatic rings. The zero-order chi connectivity index (χ0) is 31.6. The predicted octanol–water partition coefficient (Wildman–Crippen LogP) is 11.5. The van der Waals surface area contributed by atoms with Crippen LogP contribution in [0.4, 0.5) is 0 Å². The predicted molar refractivity (Wildman–Crippen MR) is 194 cm³/mol. The number of hydrogen-bond acceptors (Lipinski definition) is 5. The molecular weight excluding hydrogens is 590 g/mol. The van der Waals surface area contributed by atoms with Crippen LogP contribution >= 0.6 is 0 Å². The summed E-state index contributed by atoms with van der Waals surface area (Å²) in [6, 6.07) is 51.6. The summed E-state index contributed by atoms with van der Waals surface area (Å²) in [5.41, 5.74) is 8.36. The average Bonchev–Trinajstić information content (AvgIpc) is 3.73. The topological polar surface area (TPSA) is 65.0 Å². The highest BCUT2D eigenvalue weighted by Crippen LogP contribution is 2.41. The van der Waals surface area contributed by atoms with Crippen LogP contribution in [0.3, 0.4) is 0 Å². The van der Waals surface area contributed by atoms with E-state index in [4.69, 9.17) is 23.8 Å². The second kappa shape index (κ2) is 10.5. The van der Waals surface area contributed by atoms with E-state index in [0.29, 0.717) is 17.5 Å². The summed E-state index contributed by atoms with van der Waals surface area (Å²) in [6.07, 6.45) is 0. The Bertz CT molecular complexity index is 2840. The molecule has 0 aliphatic heterocycles. The van der Waals surface area contributed by atoms with E-state index < -0.39 is 0 Å². The lowest BCUT2D eigenvalue weighted by molar-refractivity contribution is 0.669. The number of hydrogen-bond donors (Lipinski definition) is 0. The first-order valence-corrected chi connectivity index (χ1v) is 15.9. The van der Waals surface area contributed by atoms with Crippen LogP contribution in [0, 0.1) is 0 Å². The van der Waals surface area contributed by atoms with Gasteiger partial charge in [0, 0.05) is 43.6 Å². The maximum absolute atomic E-state index is 6.54. The molecule has 0 unspecified atom stereocenters. The van der Waals surface area contributed by atoms with Gasteiger partial charge < -0.3 is 8.83 Å². The Labute approximate surface area is 274 Å². The van der Waals surface area contributed by atoms with Gasteiger partial charge in [-0.25, -0.2) is 15.0 Å². The van der Waals surface area contributed by atoms with Gasteiger partial charge in [0.2, 0.25) is 0 Å². The number of nitrogens with zero attached hydrogens (tertiary/aromatic N) is 3. The molecule has 0 spiro atoms. The smallest absolute Gasteiger partial charge is 0.164 e. The SMILES string of the molecule is c1ccc(-c2ccc3c(-c4nc(-c5ccccc5)nc(-c5ccc6oc7ccccc7c6c5)n4)cc4c5ccccc5oc4c3c2)cc1. The van der Waals surface area contributed by atoms with Crippen molar-refractivity contribution in [2.75, 3.05) is 0 Å². The van der Waals surface area contributed by atoms with E-state index in [2.05, 4.69) is 66.7 Å². The standard InChI is InChI=1S/C43H25N3O2/c1-3-11-26(12-4-1)28-19-21-30-34(23-28)40-35(32-16-8-10-18-38(32)48-40)25-36(30)43-45-41(27-13-5-2-6-14-27)44-42(46-43)29-20-22-39-33(24-29)31-15-7-9-17-37(31)47-39/h1-25H. The van der Waals surface area contributed by atoms with E-state index in [1.54, 1.807) is 0 Å². The first-order valence-electron chi connectivity index (χ1n) is 15.9. The van der Waals surface area contributed by atoms with Gasteiger partial charge in [-0.15, -0.1) is 0 Å². The summed E-state index contributed by atoms with van der Waals surface area (Å²) in [6.45, 7) is 0. The molecule has 3 heterocycles. The van der Waals surface area contributed by atoms with Crippen molar-refractivity contribution >= 4 is 54.6 Å². The second-order valence-electron chi connectivity index (χ2n) is 12.0. The first kappa shape index (κ1) is 26.6. The van der Waals surface area contributed by atoms with E-state index in [0.717, 1.165) is 82.5 Å².